The van der Waals surface area contributed by atoms with Crippen molar-refractivity contribution < 1.29 is 4.79 Å². The molecule has 1 heterocycles. The second-order valence-corrected chi connectivity index (χ2v) is 6.28. The van der Waals surface area contributed by atoms with Gasteiger partial charge in [0.25, 0.3) is 5.91 Å². The van der Waals surface area contributed by atoms with Crippen molar-refractivity contribution in [2.24, 2.45) is 0 Å². The van der Waals surface area contributed by atoms with Crippen LogP contribution in [0, 0.1) is 0 Å². The molecular formula is C16H23BrN2O. The molecule has 1 aliphatic rings. The van der Waals surface area contributed by atoms with Crippen LogP contribution in [0.3, 0.4) is 0 Å². The lowest BCUT2D eigenvalue weighted by Gasteiger charge is -2.32. The Bertz CT molecular complexity index is 442. The van der Waals surface area contributed by atoms with E-state index in [0.717, 1.165) is 36.0 Å². The van der Waals surface area contributed by atoms with Crippen LogP contribution in [-0.4, -0.2) is 36.5 Å². The van der Waals surface area contributed by atoms with Gasteiger partial charge in [0.15, 0.2) is 0 Å². The van der Waals surface area contributed by atoms with Gasteiger partial charge in [0.2, 0.25) is 0 Å². The summed E-state index contributed by atoms with van der Waals surface area (Å²) in [5, 5.41) is 3.16. The minimum Gasteiger partial charge on any atom is -0.349 e. The number of benzene rings is 1. The lowest BCUT2D eigenvalue weighted by atomic mass is 10.0. The largest absolute Gasteiger partial charge is 0.349 e. The van der Waals surface area contributed by atoms with Gasteiger partial charge in [-0.25, -0.2) is 0 Å². The van der Waals surface area contributed by atoms with Crippen molar-refractivity contribution in [3.05, 3.63) is 34.3 Å². The summed E-state index contributed by atoms with van der Waals surface area (Å²) in [6.07, 6.45) is 4.63. The Hall–Kier alpha value is -0.870. The van der Waals surface area contributed by atoms with Crippen molar-refractivity contribution in [1.82, 2.24) is 10.2 Å². The first kappa shape index (κ1) is 15.5. The van der Waals surface area contributed by atoms with Gasteiger partial charge in [-0.15, -0.1) is 0 Å². The molecule has 0 bridgehead atoms. The van der Waals surface area contributed by atoms with Crippen LogP contribution in [-0.2, 0) is 0 Å². The van der Waals surface area contributed by atoms with Crippen LogP contribution in [0.25, 0.3) is 0 Å². The molecule has 0 saturated carbocycles. The summed E-state index contributed by atoms with van der Waals surface area (Å²) in [7, 11) is 0. The van der Waals surface area contributed by atoms with E-state index in [2.05, 4.69) is 33.1 Å². The molecule has 3 nitrogen and oxygen atoms in total. The third-order valence-electron chi connectivity index (χ3n) is 3.87. The summed E-state index contributed by atoms with van der Waals surface area (Å²) in [4.78, 5) is 14.7. The Balaban J connectivity index is 1.81. The minimum absolute atomic E-state index is 0.0319. The number of likely N-dealkylation sites (tertiary alicyclic amines) is 1. The maximum atomic E-state index is 12.2. The van der Waals surface area contributed by atoms with E-state index in [1.807, 2.05) is 24.3 Å². The molecule has 0 aromatic heterocycles. The SMILES string of the molecule is CCCCN1CCC(NC(=O)c2ccccc2Br)CC1. The van der Waals surface area contributed by atoms with Gasteiger partial charge in [-0.1, -0.05) is 25.5 Å². The molecule has 0 aliphatic carbocycles. The standard InChI is InChI=1S/C16H23BrN2O/c1-2-3-10-19-11-8-13(9-12-19)18-16(20)14-6-4-5-7-15(14)17/h4-7,13H,2-3,8-12H2,1H3,(H,18,20). The highest BCUT2D eigenvalue weighted by Crippen LogP contribution is 2.17. The molecule has 2 rings (SSSR count). The fraction of sp³-hybridized carbons (Fsp3) is 0.562. The molecule has 0 radical (unpaired) electrons. The van der Waals surface area contributed by atoms with Gasteiger partial charge in [-0.3, -0.25) is 4.79 Å². The van der Waals surface area contributed by atoms with E-state index in [4.69, 9.17) is 0 Å². The summed E-state index contributed by atoms with van der Waals surface area (Å²) >= 11 is 3.43. The Kier molecular flexibility index (Phi) is 6.05. The number of hydrogen-bond acceptors (Lipinski definition) is 2. The Morgan fingerprint density at radius 3 is 2.70 bits per heavy atom. The van der Waals surface area contributed by atoms with E-state index < -0.39 is 0 Å². The molecule has 1 N–H and O–H groups in total. The number of amides is 1. The molecule has 1 saturated heterocycles. The van der Waals surface area contributed by atoms with Crippen molar-refractivity contribution in [2.75, 3.05) is 19.6 Å². The number of hydrogen-bond donors (Lipinski definition) is 1. The average molecular weight is 339 g/mol. The van der Waals surface area contributed by atoms with E-state index in [-0.39, 0.29) is 5.91 Å². The van der Waals surface area contributed by atoms with E-state index in [9.17, 15) is 4.79 Å². The maximum absolute atomic E-state index is 12.2. The highest BCUT2D eigenvalue weighted by Gasteiger charge is 2.21. The zero-order chi connectivity index (χ0) is 14.4. The highest BCUT2D eigenvalue weighted by atomic mass is 79.9. The van der Waals surface area contributed by atoms with Crippen molar-refractivity contribution in [3.8, 4) is 0 Å². The van der Waals surface area contributed by atoms with Crippen LogP contribution in [0.4, 0.5) is 0 Å². The van der Waals surface area contributed by atoms with Crippen LogP contribution in [0.5, 0.6) is 0 Å². The molecular weight excluding hydrogens is 316 g/mol. The van der Waals surface area contributed by atoms with Crippen LogP contribution in [0.2, 0.25) is 0 Å². The first-order valence-electron chi connectivity index (χ1n) is 7.48. The monoisotopic (exact) mass is 338 g/mol. The molecule has 0 spiro atoms. The molecule has 1 fully saturated rings. The van der Waals surface area contributed by atoms with E-state index in [0.29, 0.717) is 6.04 Å². The van der Waals surface area contributed by atoms with Gasteiger partial charge < -0.3 is 10.2 Å². The van der Waals surface area contributed by atoms with Gasteiger partial charge in [0.1, 0.15) is 0 Å². The fourth-order valence-corrected chi connectivity index (χ4v) is 3.06. The average Bonchev–Trinajstić information content (AvgIpc) is 2.47. The number of nitrogens with one attached hydrogen (secondary N) is 1. The van der Waals surface area contributed by atoms with Crippen LogP contribution < -0.4 is 5.32 Å². The summed E-state index contributed by atoms with van der Waals surface area (Å²) in [5.74, 6) is 0.0319. The Labute approximate surface area is 129 Å². The quantitative estimate of drug-likeness (QED) is 0.891. The van der Waals surface area contributed by atoms with Crippen LogP contribution in [0.15, 0.2) is 28.7 Å². The molecule has 1 aromatic rings. The molecule has 0 atom stereocenters. The molecule has 1 aromatic carbocycles. The lowest BCUT2D eigenvalue weighted by molar-refractivity contribution is 0.0910. The summed E-state index contributed by atoms with van der Waals surface area (Å²) in [5.41, 5.74) is 0.723. The molecule has 1 aliphatic heterocycles. The first-order chi connectivity index (χ1) is 9.70. The second-order valence-electron chi connectivity index (χ2n) is 5.42. The number of carbonyl (C=O) groups excluding carboxylic acids is 1. The van der Waals surface area contributed by atoms with Crippen molar-refractivity contribution in [2.45, 2.75) is 38.6 Å². The highest BCUT2D eigenvalue weighted by molar-refractivity contribution is 9.10. The first-order valence-corrected chi connectivity index (χ1v) is 8.27. The summed E-state index contributed by atoms with van der Waals surface area (Å²) in [6, 6.07) is 7.89. The zero-order valence-electron chi connectivity index (χ0n) is 12.1. The molecule has 110 valence electrons. The maximum Gasteiger partial charge on any atom is 0.252 e. The number of piperidine rings is 1. The minimum atomic E-state index is 0.0319. The molecule has 1 amide bonds. The van der Waals surface area contributed by atoms with E-state index >= 15 is 0 Å². The smallest absolute Gasteiger partial charge is 0.252 e. The zero-order valence-corrected chi connectivity index (χ0v) is 13.7. The van der Waals surface area contributed by atoms with Crippen molar-refractivity contribution >= 4 is 21.8 Å². The van der Waals surface area contributed by atoms with Crippen LogP contribution >= 0.6 is 15.9 Å². The predicted octanol–water partition coefficient (Wildman–Crippen LogP) is 3.44. The molecule has 0 unspecified atom stereocenters. The van der Waals surface area contributed by atoms with Gasteiger partial charge in [-0.2, -0.15) is 0 Å². The normalized spacial score (nSPS) is 17.1. The van der Waals surface area contributed by atoms with Gasteiger partial charge >= 0.3 is 0 Å². The number of nitrogens with zero attached hydrogens (tertiary/aromatic N) is 1. The van der Waals surface area contributed by atoms with Gasteiger partial charge in [0, 0.05) is 23.6 Å². The molecule has 4 heteroatoms. The number of carbonyl (C=O) groups is 1. The lowest BCUT2D eigenvalue weighted by Crippen LogP contribution is -2.44. The van der Waals surface area contributed by atoms with E-state index in [1.54, 1.807) is 0 Å². The predicted molar refractivity (Wildman–Crippen MR) is 86.0 cm³/mol. The Morgan fingerprint density at radius 2 is 2.05 bits per heavy atom. The second kappa shape index (κ2) is 7.79. The van der Waals surface area contributed by atoms with Gasteiger partial charge in [-0.05, 0) is 53.9 Å². The third kappa shape index (κ3) is 4.32. The third-order valence-corrected chi connectivity index (χ3v) is 4.56. The fourth-order valence-electron chi connectivity index (χ4n) is 2.59. The van der Waals surface area contributed by atoms with Crippen molar-refractivity contribution in [1.29, 1.82) is 0 Å². The molecule has 20 heavy (non-hydrogen) atoms. The van der Waals surface area contributed by atoms with E-state index in [1.165, 1.54) is 19.4 Å². The topological polar surface area (TPSA) is 32.3 Å². The summed E-state index contributed by atoms with van der Waals surface area (Å²) < 4.78 is 0.859. The van der Waals surface area contributed by atoms with Crippen LogP contribution in [0.1, 0.15) is 43.0 Å². The number of halogens is 1. The van der Waals surface area contributed by atoms with Gasteiger partial charge in [0.05, 0.1) is 5.56 Å². The number of rotatable bonds is 5. The summed E-state index contributed by atoms with van der Waals surface area (Å²) in [6.45, 7) is 5.62. The Morgan fingerprint density at radius 1 is 1.35 bits per heavy atom. The number of unbranched alkanes of at least 4 members (excludes halogenated alkanes) is 1. The van der Waals surface area contributed by atoms with Crippen molar-refractivity contribution in [3.63, 3.8) is 0 Å².